The molecule has 3 N–H and O–H groups in total. The first-order chi connectivity index (χ1) is 8.15. The van der Waals surface area contributed by atoms with Crippen LogP contribution in [0.5, 0.6) is 0 Å². The Morgan fingerprint density at radius 1 is 1.33 bits per heavy atom. The molecule has 0 bridgehead atoms. The smallest absolute Gasteiger partial charge is 0.317 e. The third-order valence-corrected chi connectivity index (χ3v) is 2.39. The van der Waals surface area contributed by atoms with E-state index in [1.165, 1.54) is 4.90 Å². The number of carboxylic acid groups (broad SMARTS) is 1. The van der Waals surface area contributed by atoms with E-state index in [1.54, 1.807) is 7.05 Å². The molecule has 0 aromatic carbocycles. The fraction of sp³-hybridized carbons (Fsp3) is 0.833. The van der Waals surface area contributed by atoms with Crippen molar-refractivity contribution in [2.45, 2.75) is 39.7 Å². The minimum Gasteiger partial charge on any atom is -0.481 e. The van der Waals surface area contributed by atoms with Crippen molar-refractivity contribution >= 4 is 12.0 Å². The number of hydrogen-bond acceptors (Lipinski definition) is 3. The predicted octanol–water partition coefficient (Wildman–Crippen LogP) is 0.900. The van der Waals surface area contributed by atoms with Gasteiger partial charge in [-0.2, -0.15) is 0 Å². The van der Waals surface area contributed by atoms with E-state index in [1.807, 2.05) is 20.8 Å². The SMILES string of the molecule is CN(CCO)C(=O)NC(CC(=O)O)CC(C)(C)C. The van der Waals surface area contributed by atoms with Crippen LogP contribution in [-0.4, -0.2) is 53.4 Å². The quantitative estimate of drug-likeness (QED) is 0.662. The predicted molar refractivity (Wildman–Crippen MR) is 68.4 cm³/mol. The van der Waals surface area contributed by atoms with E-state index in [2.05, 4.69) is 5.32 Å². The first kappa shape index (κ1) is 16.7. The van der Waals surface area contributed by atoms with Gasteiger partial charge in [-0.05, 0) is 11.8 Å². The number of aliphatic carboxylic acids is 1. The Morgan fingerprint density at radius 2 is 1.89 bits per heavy atom. The summed E-state index contributed by atoms with van der Waals surface area (Å²) in [6.07, 6.45) is 0.480. The van der Waals surface area contributed by atoms with E-state index in [0.717, 1.165) is 0 Å². The van der Waals surface area contributed by atoms with Crippen LogP contribution in [0.2, 0.25) is 0 Å². The third-order valence-electron chi connectivity index (χ3n) is 2.39. The maximum atomic E-state index is 11.7. The van der Waals surface area contributed by atoms with Crippen molar-refractivity contribution < 1.29 is 19.8 Å². The van der Waals surface area contributed by atoms with Gasteiger partial charge in [0.15, 0.2) is 0 Å². The summed E-state index contributed by atoms with van der Waals surface area (Å²) in [7, 11) is 1.56. The van der Waals surface area contributed by atoms with Gasteiger partial charge in [-0.3, -0.25) is 4.79 Å². The normalized spacial score (nSPS) is 12.9. The van der Waals surface area contributed by atoms with Gasteiger partial charge in [0.2, 0.25) is 0 Å². The number of rotatable bonds is 6. The second-order valence-corrected chi connectivity index (χ2v) is 5.65. The first-order valence-electron chi connectivity index (χ1n) is 6.00. The van der Waals surface area contributed by atoms with Gasteiger partial charge in [0.25, 0.3) is 0 Å². The Balaban J connectivity index is 4.48. The molecule has 6 heteroatoms. The Morgan fingerprint density at radius 3 is 2.28 bits per heavy atom. The second kappa shape index (κ2) is 7.20. The molecule has 0 saturated heterocycles. The number of carbonyl (C=O) groups excluding carboxylic acids is 1. The summed E-state index contributed by atoms with van der Waals surface area (Å²) >= 11 is 0. The average Bonchev–Trinajstić information content (AvgIpc) is 2.13. The molecule has 0 rings (SSSR count). The fourth-order valence-electron chi connectivity index (χ4n) is 1.66. The van der Waals surface area contributed by atoms with E-state index in [-0.39, 0.29) is 31.0 Å². The topological polar surface area (TPSA) is 89.9 Å². The zero-order chi connectivity index (χ0) is 14.3. The van der Waals surface area contributed by atoms with E-state index in [4.69, 9.17) is 10.2 Å². The minimum atomic E-state index is -0.936. The van der Waals surface area contributed by atoms with Gasteiger partial charge in [-0.25, -0.2) is 4.79 Å². The van der Waals surface area contributed by atoms with Gasteiger partial charge in [-0.15, -0.1) is 0 Å². The molecule has 1 unspecified atom stereocenters. The zero-order valence-electron chi connectivity index (χ0n) is 11.6. The van der Waals surface area contributed by atoms with Gasteiger partial charge in [0.1, 0.15) is 0 Å². The summed E-state index contributed by atoms with van der Waals surface area (Å²) in [5.74, 6) is -0.936. The molecule has 18 heavy (non-hydrogen) atoms. The van der Waals surface area contributed by atoms with E-state index >= 15 is 0 Å². The van der Waals surface area contributed by atoms with Gasteiger partial charge in [0, 0.05) is 19.6 Å². The number of carboxylic acids is 1. The Hall–Kier alpha value is -1.30. The van der Waals surface area contributed by atoms with Crippen LogP contribution in [-0.2, 0) is 4.79 Å². The molecule has 6 nitrogen and oxygen atoms in total. The monoisotopic (exact) mass is 260 g/mol. The summed E-state index contributed by atoms with van der Waals surface area (Å²) in [6, 6.07) is -0.768. The number of amides is 2. The molecular weight excluding hydrogens is 236 g/mol. The van der Waals surface area contributed by atoms with Crippen LogP contribution in [0.1, 0.15) is 33.6 Å². The largest absolute Gasteiger partial charge is 0.481 e. The van der Waals surface area contributed by atoms with Crippen LogP contribution in [0.4, 0.5) is 4.79 Å². The van der Waals surface area contributed by atoms with E-state index < -0.39 is 12.0 Å². The molecule has 0 aliphatic rings. The number of carbonyl (C=O) groups is 2. The maximum absolute atomic E-state index is 11.7. The number of urea groups is 1. The second-order valence-electron chi connectivity index (χ2n) is 5.65. The van der Waals surface area contributed by atoms with Crippen LogP contribution in [0, 0.1) is 5.41 Å². The zero-order valence-corrected chi connectivity index (χ0v) is 11.6. The molecule has 0 saturated carbocycles. The number of aliphatic hydroxyl groups is 1. The lowest BCUT2D eigenvalue weighted by molar-refractivity contribution is -0.137. The summed E-state index contributed by atoms with van der Waals surface area (Å²) in [5.41, 5.74) is -0.0665. The molecule has 0 aromatic rings. The van der Waals surface area contributed by atoms with E-state index in [0.29, 0.717) is 6.42 Å². The van der Waals surface area contributed by atoms with Gasteiger partial charge in [-0.1, -0.05) is 20.8 Å². The van der Waals surface area contributed by atoms with Crippen molar-refractivity contribution in [2.24, 2.45) is 5.41 Å². The van der Waals surface area contributed by atoms with Crippen molar-refractivity contribution in [1.82, 2.24) is 10.2 Å². The van der Waals surface area contributed by atoms with Crippen molar-refractivity contribution in [3.8, 4) is 0 Å². The van der Waals surface area contributed by atoms with Crippen LogP contribution < -0.4 is 5.32 Å². The molecular formula is C12H24N2O4. The van der Waals surface area contributed by atoms with Crippen LogP contribution >= 0.6 is 0 Å². The first-order valence-corrected chi connectivity index (χ1v) is 6.00. The summed E-state index contributed by atoms with van der Waals surface area (Å²) < 4.78 is 0. The summed E-state index contributed by atoms with van der Waals surface area (Å²) in [5, 5.41) is 20.3. The standard InChI is InChI=1S/C12H24N2O4/c1-12(2,3)8-9(7-10(16)17)13-11(18)14(4)5-6-15/h9,15H,5-8H2,1-4H3,(H,13,18)(H,16,17). The van der Waals surface area contributed by atoms with Gasteiger partial charge in [0.05, 0.1) is 13.0 Å². The fourth-order valence-corrected chi connectivity index (χ4v) is 1.66. The lowest BCUT2D eigenvalue weighted by Gasteiger charge is -2.27. The van der Waals surface area contributed by atoms with E-state index in [9.17, 15) is 9.59 Å². The van der Waals surface area contributed by atoms with Gasteiger partial charge >= 0.3 is 12.0 Å². The van der Waals surface area contributed by atoms with Crippen molar-refractivity contribution in [3.63, 3.8) is 0 Å². The lowest BCUT2D eigenvalue weighted by atomic mass is 9.87. The molecule has 0 aliphatic carbocycles. The minimum absolute atomic E-state index is 0.0665. The highest BCUT2D eigenvalue weighted by atomic mass is 16.4. The number of aliphatic hydroxyl groups excluding tert-OH is 1. The van der Waals surface area contributed by atoms with Crippen LogP contribution in [0.3, 0.4) is 0 Å². The Kier molecular flexibility index (Phi) is 6.68. The molecule has 106 valence electrons. The third kappa shape index (κ3) is 7.89. The highest BCUT2D eigenvalue weighted by Crippen LogP contribution is 2.22. The molecule has 0 heterocycles. The average molecular weight is 260 g/mol. The molecule has 0 fully saturated rings. The highest BCUT2D eigenvalue weighted by Gasteiger charge is 2.23. The number of hydrogen-bond donors (Lipinski definition) is 3. The summed E-state index contributed by atoms with van der Waals surface area (Å²) in [6.45, 7) is 6.08. The number of nitrogens with one attached hydrogen (secondary N) is 1. The number of nitrogens with zero attached hydrogens (tertiary/aromatic N) is 1. The van der Waals surface area contributed by atoms with Crippen molar-refractivity contribution in [3.05, 3.63) is 0 Å². The molecule has 0 spiro atoms. The maximum Gasteiger partial charge on any atom is 0.317 e. The molecule has 0 aromatic heterocycles. The molecule has 0 aliphatic heterocycles. The molecule has 1 atom stereocenters. The van der Waals surface area contributed by atoms with Crippen molar-refractivity contribution in [1.29, 1.82) is 0 Å². The summed E-state index contributed by atoms with van der Waals surface area (Å²) in [4.78, 5) is 23.8. The number of likely N-dealkylation sites (N-methyl/N-ethyl adjacent to an activating group) is 1. The Labute approximate surface area is 108 Å². The van der Waals surface area contributed by atoms with Crippen LogP contribution in [0.25, 0.3) is 0 Å². The molecule has 2 amide bonds. The van der Waals surface area contributed by atoms with Crippen molar-refractivity contribution in [2.75, 3.05) is 20.2 Å². The molecule has 0 radical (unpaired) electrons. The highest BCUT2D eigenvalue weighted by molar-refractivity contribution is 5.75. The van der Waals surface area contributed by atoms with Gasteiger partial charge < -0.3 is 20.4 Å². The van der Waals surface area contributed by atoms with Crippen LogP contribution in [0.15, 0.2) is 0 Å². The lowest BCUT2D eigenvalue weighted by Crippen LogP contribution is -2.46. The Bertz CT molecular complexity index is 286.